The smallest absolute Gasteiger partial charge is 0.0659 e. The van der Waals surface area contributed by atoms with Gasteiger partial charge in [0.2, 0.25) is 0 Å². The molecule has 2 N–H and O–H groups in total. The summed E-state index contributed by atoms with van der Waals surface area (Å²) in [7, 11) is 0. The molecule has 3 nitrogen and oxygen atoms in total. The first-order valence-electron chi connectivity index (χ1n) is 5.89. The Morgan fingerprint density at radius 3 is 3.31 bits per heavy atom. The second-order valence-electron chi connectivity index (χ2n) is 4.99. The van der Waals surface area contributed by atoms with Crippen LogP contribution in [0.15, 0.2) is 11.4 Å². The number of hydrogen-bond donors (Lipinski definition) is 1. The summed E-state index contributed by atoms with van der Waals surface area (Å²) < 4.78 is 5.41. The van der Waals surface area contributed by atoms with E-state index in [-0.39, 0.29) is 5.54 Å². The maximum atomic E-state index is 6.32. The Morgan fingerprint density at radius 2 is 2.50 bits per heavy atom. The zero-order valence-electron chi connectivity index (χ0n) is 9.45. The van der Waals surface area contributed by atoms with Crippen molar-refractivity contribution in [2.75, 3.05) is 26.3 Å². The van der Waals surface area contributed by atoms with Crippen LogP contribution in [0.2, 0.25) is 0 Å². The van der Waals surface area contributed by atoms with Crippen LogP contribution in [-0.2, 0) is 17.7 Å². The first kappa shape index (κ1) is 10.7. The van der Waals surface area contributed by atoms with E-state index in [2.05, 4.69) is 16.3 Å². The minimum atomic E-state index is -0.104. The summed E-state index contributed by atoms with van der Waals surface area (Å²) in [5.41, 5.74) is 7.72. The van der Waals surface area contributed by atoms with E-state index in [1.807, 2.05) is 11.3 Å². The van der Waals surface area contributed by atoms with Crippen molar-refractivity contribution in [3.63, 3.8) is 0 Å². The maximum absolute atomic E-state index is 6.32. The average Bonchev–Trinajstić information content (AvgIpc) is 2.86. The van der Waals surface area contributed by atoms with E-state index in [0.29, 0.717) is 0 Å². The van der Waals surface area contributed by atoms with Gasteiger partial charge in [-0.2, -0.15) is 0 Å². The predicted octanol–water partition coefficient (Wildman–Crippen LogP) is 1.22. The van der Waals surface area contributed by atoms with Gasteiger partial charge >= 0.3 is 0 Å². The summed E-state index contributed by atoms with van der Waals surface area (Å²) in [6.07, 6.45) is 2.18. The molecule has 1 aromatic rings. The lowest BCUT2D eigenvalue weighted by Crippen LogP contribution is -2.51. The number of ether oxygens (including phenoxy) is 1. The van der Waals surface area contributed by atoms with Crippen LogP contribution in [0.25, 0.3) is 0 Å². The molecule has 88 valence electrons. The lowest BCUT2D eigenvalue weighted by Gasteiger charge is -2.33. The molecule has 0 radical (unpaired) electrons. The molecule has 0 aromatic carbocycles. The lowest BCUT2D eigenvalue weighted by atomic mass is 9.98. The summed E-state index contributed by atoms with van der Waals surface area (Å²) in [5.74, 6) is 0. The molecule has 3 heterocycles. The van der Waals surface area contributed by atoms with E-state index in [9.17, 15) is 0 Å². The van der Waals surface area contributed by atoms with Gasteiger partial charge in [0.1, 0.15) is 0 Å². The highest BCUT2D eigenvalue weighted by molar-refractivity contribution is 7.10. The van der Waals surface area contributed by atoms with Crippen LogP contribution in [0, 0.1) is 0 Å². The molecule has 0 saturated carbocycles. The van der Waals surface area contributed by atoms with E-state index >= 15 is 0 Å². The zero-order chi connectivity index (χ0) is 11.0. The van der Waals surface area contributed by atoms with Crippen LogP contribution in [0.5, 0.6) is 0 Å². The average molecular weight is 238 g/mol. The van der Waals surface area contributed by atoms with Gasteiger partial charge < -0.3 is 10.5 Å². The van der Waals surface area contributed by atoms with Gasteiger partial charge in [0, 0.05) is 31.1 Å². The highest BCUT2D eigenvalue weighted by atomic mass is 32.1. The molecule has 1 saturated heterocycles. The highest BCUT2D eigenvalue weighted by Crippen LogP contribution is 2.26. The number of thiophene rings is 1. The summed E-state index contributed by atoms with van der Waals surface area (Å²) in [4.78, 5) is 4.04. The molecule has 1 fully saturated rings. The number of rotatable bonds is 2. The molecular formula is C12H18N2OS. The number of hydrogen-bond acceptors (Lipinski definition) is 4. The molecule has 0 amide bonds. The fourth-order valence-electron chi connectivity index (χ4n) is 2.63. The van der Waals surface area contributed by atoms with Crippen LogP contribution in [0.3, 0.4) is 0 Å². The van der Waals surface area contributed by atoms with E-state index in [1.165, 1.54) is 12.0 Å². The molecule has 4 heteroatoms. The maximum Gasteiger partial charge on any atom is 0.0659 e. The first-order valence-corrected chi connectivity index (χ1v) is 6.77. The fourth-order valence-corrected chi connectivity index (χ4v) is 3.52. The number of nitrogens with zero attached hydrogens (tertiary/aromatic N) is 1. The Morgan fingerprint density at radius 1 is 1.56 bits per heavy atom. The van der Waals surface area contributed by atoms with Crippen LogP contribution < -0.4 is 5.73 Å². The van der Waals surface area contributed by atoms with Crippen molar-refractivity contribution in [3.8, 4) is 0 Å². The van der Waals surface area contributed by atoms with Gasteiger partial charge in [-0.15, -0.1) is 11.3 Å². The quantitative estimate of drug-likeness (QED) is 0.842. The van der Waals surface area contributed by atoms with Crippen molar-refractivity contribution >= 4 is 11.3 Å². The summed E-state index contributed by atoms with van der Waals surface area (Å²) in [6, 6.07) is 2.25. The molecule has 1 atom stereocenters. The summed E-state index contributed by atoms with van der Waals surface area (Å²) in [5, 5.41) is 2.20. The van der Waals surface area contributed by atoms with E-state index < -0.39 is 0 Å². The number of nitrogens with two attached hydrogens (primary N) is 1. The van der Waals surface area contributed by atoms with Crippen molar-refractivity contribution in [1.82, 2.24) is 4.90 Å². The third-order valence-corrected chi connectivity index (χ3v) is 4.58. The Labute approximate surface area is 100 Å². The molecule has 2 aliphatic heterocycles. The van der Waals surface area contributed by atoms with Crippen LogP contribution in [-0.4, -0.2) is 36.7 Å². The minimum Gasteiger partial charge on any atom is -0.379 e. The minimum absolute atomic E-state index is 0.104. The van der Waals surface area contributed by atoms with Crippen molar-refractivity contribution in [1.29, 1.82) is 0 Å². The van der Waals surface area contributed by atoms with Crippen LogP contribution in [0.4, 0.5) is 0 Å². The molecule has 16 heavy (non-hydrogen) atoms. The molecule has 0 spiro atoms. The van der Waals surface area contributed by atoms with Gasteiger partial charge in [-0.25, -0.2) is 0 Å². The molecule has 0 aliphatic carbocycles. The standard InChI is InChI=1S/C12H18N2OS/c13-12(3-5-15-9-12)8-14-4-1-11-10(7-14)2-6-16-11/h2,6H,1,3-5,7-9,13H2. The van der Waals surface area contributed by atoms with Crippen molar-refractivity contribution in [2.24, 2.45) is 5.73 Å². The van der Waals surface area contributed by atoms with Crippen LogP contribution in [0.1, 0.15) is 16.9 Å². The first-order chi connectivity index (χ1) is 7.75. The Hall–Kier alpha value is -0.420. The van der Waals surface area contributed by atoms with E-state index in [0.717, 1.165) is 39.3 Å². The van der Waals surface area contributed by atoms with Gasteiger partial charge in [-0.1, -0.05) is 0 Å². The lowest BCUT2D eigenvalue weighted by molar-refractivity contribution is 0.147. The van der Waals surface area contributed by atoms with Gasteiger partial charge in [0.15, 0.2) is 0 Å². The third-order valence-electron chi connectivity index (χ3n) is 3.56. The molecule has 2 aliphatic rings. The van der Waals surface area contributed by atoms with Crippen molar-refractivity contribution in [3.05, 3.63) is 21.9 Å². The van der Waals surface area contributed by atoms with E-state index in [1.54, 1.807) is 4.88 Å². The summed E-state index contributed by atoms with van der Waals surface area (Å²) in [6.45, 7) is 4.74. The normalized spacial score (nSPS) is 30.6. The van der Waals surface area contributed by atoms with Crippen molar-refractivity contribution < 1.29 is 4.74 Å². The second kappa shape index (κ2) is 4.11. The Balaban J connectivity index is 1.65. The fraction of sp³-hybridized carbons (Fsp3) is 0.667. The van der Waals surface area contributed by atoms with Gasteiger partial charge in [-0.3, -0.25) is 4.90 Å². The predicted molar refractivity (Wildman–Crippen MR) is 65.7 cm³/mol. The highest BCUT2D eigenvalue weighted by Gasteiger charge is 2.33. The molecular weight excluding hydrogens is 220 g/mol. The Kier molecular flexibility index (Phi) is 2.75. The second-order valence-corrected chi connectivity index (χ2v) is 6.00. The largest absolute Gasteiger partial charge is 0.379 e. The Bertz CT molecular complexity index is 371. The van der Waals surface area contributed by atoms with Crippen LogP contribution >= 0.6 is 11.3 Å². The molecule has 3 rings (SSSR count). The molecule has 0 bridgehead atoms. The SMILES string of the molecule is NC1(CN2CCc3sccc3C2)CCOC1. The van der Waals surface area contributed by atoms with Gasteiger partial charge in [0.25, 0.3) is 0 Å². The number of fused-ring (bicyclic) bond motifs is 1. The topological polar surface area (TPSA) is 38.5 Å². The van der Waals surface area contributed by atoms with E-state index in [4.69, 9.17) is 10.5 Å². The van der Waals surface area contributed by atoms with Gasteiger partial charge in [0.05, 0.1) is 12.1 Å². The molecule has 1 aromatic heterocycles. The monoisotopic (exact) mass is 238 g/mol. The van der Waals surface area contributed by atoms with Gasteiger partial charge in [-0.05, 0) is 29.9 Å². The molecule has 1 unspecified atom stereocenters. The van der Waals surface area contributed by atoms with Crippen molar-refractivity contribution in [2.45, 2.75) is 24.9 Å². The third kappa shape index (κ3) is 2.02. The summed E-state index contributed by atoms with van der Waals surface area (Å²) >= 11 is 1.89. The zero-order valence-corrected chi connectivity index (χ0v) is 10.3.